The number of carbonyl (C=O) groups excluding carboxylic acids is 1. The number of methoxy groups -OCH3 is 1. The number of nitrogens with zero attached hydrogens (tertiary/aromatic N) is 5. The van der Waals surface area contributed by atoms with Crippen molar-refractivity contribution in [1.29, 1.82) is 0 Å². The lowest BCUT2D eigenvalue weighted by molar-refractivity contribution is -0.149. The summed E-state index contributed by atoms with van der Waals surface area (Å²) in [4.78, 5) is 32.6. The van der Waals surface area contributed by atoms with E-state index in [0.717, 1.165) is 32.4 Å². The fraction of sp³-hybridized carbons (Fsp3) is 0.417. The van der Waals surface area contributed by atoms with Crippen LogP contribution >= 0.6 is 11.3 Å². The van der Waals surface area contributed by atoms with E-state index in [0.29, 0.717) is 5.75 Å². The summed E-state index contributed by atoms with van der Waals surface area (Å²) in [5, 5.41) is 16.6. The predicted molar refractivity (Wildman–Crippen MR) is 137 cm³/mol. The van der Waals surface area contributed by atoms with E-state index in [4.69, 9.17) is 4.74 Å². The number of ether oxygens (including phenoxy) is 1. The van der Waals surface area contributed by atoms with Crippen LogP contribution in [0.15, 0.2) is 48.2 Å². The zero-order valence-corrected chi connectivity index (χ0v) is 22.8. The molecule has 1 amide bonds. The Balaban J connectivity index is 1.94. The molecule has 2 atom stereocenters. The Morgan fingerprint density at radius 1 is 1.27 bits per heavy atom. The summed E-state index contributed by atoms with van der Waals surface area (Å²) in [5.74, 6) is -1.56. The molecule has 11 nitrogen and oxygen atoms in total. The molecule has 3 aromatic rings. The maximum atomic E-state index is 14.2. The number of rotatable bonds is 7. The Morgan fingerprint density at radius 3 is 2.51 bits per heavy atom. The van der Waals surface area contributed by atoms with Crippen molar-refractivity contribution in [3.8, 4) is 5.75 Å². The van der Waals surface area contributed by atoms with Crippen LogP contribution in [0.3, 0.4) is 0 Å². The monoisotopic (exact) mass is 547 g/mol. The van der Waals surface area contributed by atoms with Crippen LogP contribution in [0.2, 0.25) is 0 Å². The molecule has 1 aliphatic heterocycles. The van der Waals surface area contributed by atoms with Crippen LogP contribution in [0.4, 0.5) is 0 Å². The maximum absolute atomic E-state index is 14.2. The van der Waals surface area contributed by atoms with Gasteiger partial charge in [0.25, 0.3) is 5.91 Å². The van der Waals surface area contributed by atoms with Crippen molar-refractivity contribution in [2.45, 2.75) is 44.4 Å². The van der Waals surface area contributed by atoms with Gasteiger partial charge in [-0.15, -0.1) is 11.3 Å². The summed E-state index contributed by atoms with van der Waals surface area (Å²) in [6.45, 7) is 5.28. The van der Waals surface area contributed by atoms with Gasteiger partial charge in [0.1, 0.15) is 10.8 Å². The van der Waals surface area contributed by atoms with Gasteiger partial charge in [-0.25, -0.2) is 18.2 Å². The molecule has 4 rings (SSSR count). The van der Waals surface area contributed by atoms with Crippen LogP contribution < -0.4 is 4.74 Å². The van der Waals surface area contributed by atoms with Crippen molar-refractivity contribution < 1.29 is 27.9 Å². The molecular formula is C24H29N5O6S2. The predicted octanol–water partition coefficient (Wildman–Crippen LogP) is 2.59. The van der Waals surface area contributed by atoms with Gasteiger partial charge in [0.15, 0.2) is 11.7 Å². The number of carboxylic acids is 1. The van der Waals surface area contributed by atoms with Gasteiger partial charge in [-0.2, -0.15) is 9.40 Å². The fourth-order valence-electron chi connectivity index (χ4n) is 4.59. The number of aliphatic carboxylic acids is 1. The van der Waals surface area contributed by atoms with Gasteiger partial charge in [-0.3, -0.25) is 14.4 Å². The van der Waals surface area contributed by atoms with E-state index in [1.165, 1.54) is 24.2 Å². The van der Waals surface area contributed by atoms with Crippen molar-refractivity contribution in [3.63, 3.8) is 0 Å². The third kappa shape index (κ3) is 4.86. The maximum Gasteiger partial charge on any atom is 0.333 e. The minimum Gasteiger partial charge on any atom is -0.496 e. The minimum atomic E-state index is -3.96. The zero-order chi connectivity index (χ0) is 27.2. The molecule has 1 aromatic carbocycles. The number of aromatic nitrogens is 3. The highest BCUT2D eigenvalue weighted by atomic mass is 32.2. The first-order valence-corrected chi connectivity index (χ1v) is 14.1. The molecular weight excluding hydrogens is 518 g/mol. The third-order valence-electron chi connectivity index (χ3n) is 6.35. The van der Waals surface area contributed by atoms with Crippen LogP contribution in [0.1, 0.15) is 47.9 Å². The van der Waals surface area contributed by atoms with E-state index >= 15 is 0 Å². The van der Waals surface area contributed by atoms with Crippen molar-refractivity contribution in [3.05, 3.63) is 64.4 Å². The number of hydrogen-bond acceptors (Lipinski definition) is 8. The zero-order valence-electron chi connectivity index (χ0n) is 21.2. The first-order valence-electron chi connectivity index (χ1n) is 11.4. The molecule has 0 spiro atoms. The van der Waals surface area contributed by atoms with Gasteiger partial charge >= 0.3 is 5.97 Å². The SMILES string of the molecule is COc1cc(C(=O)N2C(c3nccs3)N(S(C)(=O)=O)CC2(Cn2cccn2)C(=O)O)ccc1C(C)(C)C. The second-order valence-corrected chi connectivity index (χ2v) is 12.8. The molecule has 0 aliphatic carbocycles. The normalized spacial score (nSPS) is 20.8. The van der Waals surface area contributed by atoms with Gasteiger partial charge in [0.05, 0.1) is 26.5 Å². The highest BCUT2D eigenvalue weighted by molar-refractivity contribution is 7.88. The number of benzene rings is 1. The number of thiazole rings is 1. The molecule has 0 saturated carbocycles. The Bertz CT molecular complexity index is 1400. The van der Waals surface area contributed by atoms with Crippen molar-refractivity contribution >= 4 is 33.2 Å². The molecule has 2 aromatic heterocycles. The van der Waals surface area contributed by atoms with E-state index in [-0.39, 0.29) is 22.5 Å². The summed E-state index contributed by atoms with van der Waals surface area (Å²) in [5.41, 5.74) is -1.23. The van der Waals surface area contributed by atoms with Gasteiger partial charge in [0, 0.05) is 29.5 Å². The Kier molecular flexibility index (Phi) is 6.90. The molecule has 37 heavy (non-hydrogen) atoms. The Morgan fingerprint density at radius 2 is 2.00 bits per heavy atom. The van der Waals surface area contributed by atoms with Crippen LogP contribution in [-0.4, -0.2) is 74.8 Å². The number of carbonyl (C=O) groups is 2. The molecule has 0 radical (unpaired) electrons. The van der Waals surface area contributed by atoms with Crippen LogP contribution in [0.5, 0.6) is 5.75 Å². The van der Waals surface area contributed by atoms with Crippen LogP contribution in [0, 0.1) is 0 Å². The molecule has 2 unspecified atom stereocenters. The molecule has 1 aliphatic rings. The van der Waals surface area contributed by atoms with Gasteiger partial charge < -0.3 is 9.84 Å². The Labute approximate surface area is 219 Å². The highest BCUT2D eigenvalue weighted by Crippen LogP contribution is 2.44. The molecule has 1 saturated heterocycles. The minimum absolute atomic E-state index is 0.160. The van der Waals surface area contributed by atoms with Crippen LogP contribution in [0.25, 0.3) is 0 Å². The van der Waals surface area contributed by atoms with Crippen molar-refractivity contribution in [2.24, 2.45) is 0 Å². The lowest BCUT2D eigenvalue weighted by Crippen LogP contribution is -2.58. The smallest absolute Gasteiger partial charge is 0.333 e. The number of sulfonamides is 1. The average Bonchev–Trinajstić information content (AvgIpc) is 3.57. The van der Waals surface area contributed by atoms with E-state index in [1.54, 1.807) is 35.8 Å². The van der Waals surface area contributed by atoms with E-state index in [2.05, 4.69) is 10.1 Å². The third-order valence-corrected chi connectivity index (χ3v) is 8.35. The standard InChI is InChI=1S/C24H29N5O6S2/c1-23(2,3)17-8-7-16(13-18(17)35-4)21(30)29-20(19-25-10-12-36-19)28(37(5,33)34)15-24(29,22(31)32)14-27-11-6-9-26-27/h6-13,20H,14-15H2,1-5H3,(H,31,32). The first kappa shape index (κ1) is 26.8. The van der Waals surface area contributed by atoms with Crippen LogP contribution in [-0.2, 0) is 26.8 Å². The number of carboxylic acid groups (broad SMARTS) is 1. The number of amides is 1. The first-order chi connectivity index (χ1) is 17.3. The quantitative estimate of drug-likeness (QED) is 0.477. The van der Waals surface area contributed by atoms with Gasteiger partial charge in [-0.05, 0) is 29.2 Å². The molecule has 1 fully saturated rings. The second kappa shape index (κ2) is 9.54. The van der Waals surface area contributed by atoms with Crippen molar-refractivity contribution in [1.82, 2.24) is 24.0 Å². The summed E-state index contributed by atoms with van der Waals surface area (Å²) in [7, 11) is -2.46. The average molecular weight is 548 g/mol. The lowest BCUT2D eigenvalue weighted by atomic mass is 9.85. The van der Waals surface area contributed by atoms with Gasteiger partial charge in [-0.1, -0.05) is 26.8 Å². The summed E-state index contributed by atoms with van der Waals surface area (Å²) >= 11 is 1.14. The molecule has 0 bridgehead atoms. The van der Waals surface area contributed by atoms with E-state index in [1.807, 2.05) is 20.8 Å². The molecule has 3 heterocycles. The summed E-state index contributed by atoms with van der Waals surface area (Å²) in [6, 6.07) is 6.56. The molecule has 1 N–H and O–H groups in total. The topological polar surface area (TPSA) is 135 Å². The fourth-order valence-corrected chi connectivity index (χ4v) is 6.40. The van der Waals surface area contributed by atoms with Gasteiger partial charge in [0.2, 0.25) is 10.0 Å². The largest absolute Gasteiger partial charge is 0.496 e. The molecule has 13 heteroatoms. The van der Waals surface area contributed by atoms with E-state index < -0.39 is 40.1 Å². The second-order valence-electron chi connectivity index (χ2n) is 9.93. The van der Waals surface area contributed by atoms with E-state index in [9.17, 15) is 23.1 Å². The van der Waals surface area contributed by atoms with Crippen molar-refractivity contribution in [2.75, 3.05) is 19.9 Å². The molecule has 198 valence electrons. The summed E-state index contributed by atoms with van der Waals surface area (Å²) in [6.07, 6.45) is 4.26. The highest BCUT2D eigenvalue weighted by Gasteiger charge is 2.61. The summed E-state index contributed by atoms with van der Waals surface area (Å²) < 4.78 is 33.8. The number of hydrogen-bond donors (Lipinski definition) is 1. The lowest BCUT2D eigenvalue weighted by Gasteiger charge is -2.36. The Hall–Kier alpha value is -3.29.